The molecular weight excluding hydrogens is 370 g/mol. The number of hydrogen-bond acceptors (Lipinski definition) is 3. The third-order valence-electron chi connectivity index (χ3n) is 5.41. The van der Waals surface area contributed by atoms with Gasteiger partial charge in [0, 0.05) is 30.4 Å². The molecule has 0 aromatic heterocycles. The van der Waals surface area contributed by atoms with Gasteiger partial charge < -0.3 is 4.90 Å². The van der Waals surface area contributed by atoms with Crippen molar-refractivity contribution in [3.63, 3.8) is 0 Å². The molecule has 1 aliphatic carbocycles. The second kappa shape index (κ2) is 9.40. The lowest BCUT2D eigenvalue weighted by atomic mass is 10.0. The molecule has 154 valence electrons. The summed E-state index contributed by atoms with van der Waals surface area (Å²) in [4.78, 5) is 17.1. The van der Waals surface area contributed by atoms with E-state index in [1.807, 2.05) is 81.6 Å². The van der Waals surface area contributed by atoms with E-state index < -0.39 is 0 Å². The average Bonchev–Trinajstić information content (AvgIpc) is 3.00. The number of para-hydroxylation sites is 1. The Kier molecular flexibility index (Phi) is 6.68. The first kappa shape index (κ1) is 21.3. The van der Waals surface area contributed by atoms with Crippen LogP contribution in [-0.2, 0) is 4.79 Å². The van der Waals surface area contributed by atoms with Gasteiger partial charge in [-0.1, -0.05) is 60.2 Å². The molecule has 1 aliphatic rings. The molecule has 30 heavy (non-hydrogen) atoms. The zero-order valence-electron chi connectivity index (χ0n) is 18.1. The molecule has 2 aromatic rings. The Morgan fingerprint density at radius 3 is 2.50 bits per heavy atom. The lowest BCUT2D eigenvalue weighted by molar-refractivity contribution is -0.124. The van der Waals surface area contributed by atoms with E-state index >= 15 is 0 Å². The molecular formula is C26H29N3O. The standard InChI is InChI=1S/C26H29N3O/c1-19-10-8-12-23(18-19)20(2)29(21(3)27)26(30)22-11-9-15-25(17-16-22)28(4)24-13-6-5-7-14-24/h5-16,18,20,27H,17H2,1-4H3. The Balaban J connectivity index is 1.81. The first-order valence-corrected chi connectivity index (χ1v) is 10.2. The van der Waals surface area contributed by atoms with Crippen LogP contribution in [0, 0.1) is 12.3 Å². The third-order valence-corrected chi connectivity index (χ3v) is 5.41. The molecule has 3 rings (SSSR count). The number of carbonyl (C=O) groups is 1. The summed E-state index contributed by atoms with van der Waals surface area (Å²) >= 11 is 0. The van der Waals surface area contributed by atoms with E-state index in [4.69, 9.17) is 5.41 Å². The van der Waals surface area contributed by atoms with Crippen molar-refractivity contribution in [3.05, 3.63) is 101 Å². The highest BCUT2D eigenvalue weighted by Gasteiger charge is 2.25. The molecule has 0 saturated carbocycles. The molecule has 0 bridgehead atoms. The molecule has 0 radical (unpaired) electrons. The number of aryl methyl sites for hydroxylation is 1. The zero-order valence-corrected chi connectivity index (χ0v) is 18.1. The molecule has 1 N–H and O–H groups in total. The van der Waals surface area contributed by atoms with Crippen LogP contribution in [0.4, 0.5) is 5.69 Å². The first-order valence-electron chi connectivity index (χ1n) is 10.2. The Labute approximate surface area is 179 Å². The number of nitrogens with one attached hydrogen (secondary N) is 1. The smallest absolute Gasteiger partial charge is 0.259 e. The van der Waals surface area contributed by atoms with Gasteiger partial charge in [0.25, 0.3) is 5.91 Å². The highest BCUT2D eigenvalue weighted by atomic mass is 16.2. The quantitative estimate of drug-likeness (QED) is 0.511. The molecule has 0 spiro atoms. The van der Waals surface area contributed by atoms with Gasteiger partial charge in [-0.25, -0.2) is 0 Å². The maximum atomic E-state index is 13.4. The summed E-state index contributed by atoms with van der Waals surface area (Å²) in [6.07, 6.45) is 8.39. The second-order valence-electron chi connectivity index (χ2n) is 7.63. The topological polar surface area (TPSA) is 47.4 Å². The fraction of sp³-hybridized carbons (Fsp3) is 0.231. The number of carbonyl (C=O) groups excluding carboxylic acids is 1. The minimum atomic E-state index is -0.216. The summed E-state index contributed by atoms with van der Waals surface area (Å²) in [6, 6.07) is 18.0. The van der Waals surface area contributed by atoms with Crippen LogP contribution < -0.4 is 4.90 Å². The first-order chi connectivity index (χ1) is 14.4. The van der Waals surface area contributed by atoms with Gasteiger partial charge in [0.05, 0.1) is 6.04 Å². The van der Waals surface area contributed by atoms with Crippen molar-refractivity contribution in [2.75, 3.05) is 11.9 Å². The predicted molar refractivity (Wildman–Crippen MR) is 125 cm³/mol. The van der Waals surface area contributed by atoms with Crippen molar-refractivity contribution in [1.82, 2.24) is 4.90 Å². The van der Waals surface area contributed by atoms with Gasteiger partial charge in [-0.15, -0.1) is 0 Å². The van der Waals surface area contributed by atoms with Gasteiger partial charge in [-0.2, -0.15) is 0 Å². The number of amides is 1. The maximum absolute atomic E-state index is 13.4. The fourth-order valence-electron chi connectivity index (χ4n) is 3.68. The van der Waals surface area contributed by atoms with Crippen molar-refractivity contribution in [1.29, 1.82) is 5.41 Å². The van der Waals surface area contributed by atoms with Gasteiger partial charge in [-0.3, -0.25) is 15.1 Å². The van der Waals surface area contributed by atoms with Crippen LogP contribution >= 0.6 is 0 Å². The molecule has 2 aromatic carbocycles. The number of hydrogen-bond donors (Lipinski definition) is 1. The Morgan fingerprint density at radius 1 is 1.10 bits per heavy atom. The average molecular weight is 400 g/mol. The van der Waals surface area contributed by atoms with E-state index in [1.54, 1.807) is 11.8 Å². The van der Waals surface area contributed by atoms with Gasteiger partial charge in [0.15, 0.2) is 0 Å². The largest absolute Gasteiger partial charge is 0.348 e. The molecule has 0 fully saturated rings. The van der Waals surface area contributed by atoms with E-state index in [0.717, 1.165) is 22.5 Å². The number of amidine groups is 1. The van der Waals surface area contributed by atoms with Crippen LogP contribution in [0.25, 0.3) is 0 Å². The Morgan fingerprint density at radius 2 is 1.83 bits per heavy atom. The van der Waals surface area contributed by atoms with Crippen LogP contribution in [0.15, 0.2) is 90.2 Å². The SMILES string of the molecule is CC(=N)N(C(=O)C1=CCC(N(C)c2ccccc2)=CC=C1)C(C)c1cccc(C)c1. The molecule has 1 amide bonds. The minimum absolute atomic E-state index is 0.148. The van der Waals surface area contributed by atoms with Crippen LogP contribution in [0.3, 0.4) is 0 Å². The van der Waals surface area contributed by atoms with E-state index in [-0.39, 0.29) is 17.8 Å². The van der Waals surface area contributed by atoms with Crippen molar-refractivity contribution in [2.24, 2.45) is 0 Å². The summed E-state index contributed by atoms with van der Waals surface area (Å²) in [5.74, 6) is 0.0897. The second-order valence-corrected chi connectivity index (χ2v) is 7.63. The van der Waals surface area contributed by atoms with Gasteiger partial charge in [0.1, 0.15) is 5.84 Å². The van der Waals surface area contributed by atoms with Crippen LogP contribution in [0.1, 0.15) is 37.4 Å². The highest BCUT2D eigenvalue weighted by molar-refractivity contribution is 6.06. The van der Waals surface area contributed by atoms with E-state index in [9.17, 15) is 4.79 Å². The molecule has 1 unspecified atom stereocenters. The summed E-state index contributed by atoms with van der Waals surface area (Å²) < 4.78 is 0. The molecule has 0 heterocycles. The van der Waals surface area contributed by atoms with Crippen molar-refractivity contribution < 1.29 is 4.79 Å². The van der Waals surface area contributed by atoms with Crippen LogP contribution in [0.2, 0.25) is 0 Å². The molecule has 1 atom stereocenters. The number of allylic oxidation sites excluding steroid dienone is 3. The third kappa shape index (κ3) is 4.77. The van der Waals surface area contributed by atoms with E-state index in [2.05, 4.69) is 23.1 Å². The van der Waals surface area contributed by atoms with Gasteiger partial charge in [0.2, 0.25) is 0 Å². The van der Waals surface area contributed by atoms with Crippen molar-refractivity contribution >= 4 is 17.4 Å². The highest BCUT2D eigenvalue weighted by Crippen LogP contribution is 2.26. The van der Waals surface area contributed by atoms with Gasteiger partial charge >= 0.3 is 0 Å². The van der Waals surface area contributed by atoms with E-state index in [1.165, 1.54) is 0 Å². The number of rotatable bonds is 5. The minimum Gasteiger partial charge on any atom is -0.348 e. The van der Waals surface area contributed by atoms with Crippen molar-refractivity contribution in [2.45, 2.75) is 33.2 Å². The van der Waals surface area contributed by atoms with Crippen LogP contribution in [0.5, 0.6) is 0 Å². The summed E-state index contributed by atoms with van der Waals surface area (Å²) in [6.45, 7) is 5.67. The Bertz CT molecular complexity index is 1020. The van der Waals surface area contributed by atoms with Crippen molar-refractivity contribution in [3.8, 4) is 0 Å². The van der Waals surface area contributed by atoms with Gasteiger partial charge in [-0.05, 0) is 50.6 Å². The van der Waals surface area contributed by atoms with E-state index in [0.29, 0.717) is 12.0 Å². The lowest BCUT2D eigenvalue weighted by Gasteiger charge is -2.29. The number of nitrogens with zero attached hydrogens (tertiary/aromatic N) is 2. The monoisotopic (exact) mass is 399 g/mol. The summed E-state index contributed by atoms with van der Waals surface area (Å²) in [7, 11) is 2.03. The lowest BCUT2D eigenvalue weighted by Crippen LogP contribution is -2.37. The maximum Gasteiger partial charge on any atom is 0.259 e. The fourth-order valence-corrected chi connectivity index (χ4v) is 3.68. The molecule has 0 aliphatic heterocycles. The Hall–Kier alpha value is -3.40. The molecule has 4 heteroatoms. The van der Waals surface area contributed by atoms with Crippen LogP contribution in [-0.4, -0.2) is 23.7 Å². The number of benzene rings is 2. The summed E-state index contributed by atoms with van der Waals surface area (Å²) in [5.41, 5.74) is 4.97. The zero-order chi connectivity index (χ0) is 21.7. The summed E-state index contributed by atoms with van der Waals surface area (Å²) in [5, 5.41) is 8.24. The molecule has 0 saturated heterocycles. The normalized spacial score (nSPS) is 14.3. The molecule has 4 nitrogen and oxygen atoms in total. The predicted octanol–water partition coefficient (Wildman–Crippen LogP) is 5.79. The number of anilines is 1.